The summed E-state index contributed by atoms with van der Waals surface area (Å²) in [5, 5.41) is 0. The Balaban J connectivity index is 2.99. The number of methoxy groups -OCH3 is 1. The van der Waals surface area contributed by atoms with Crippen LogP contribution in [0.15, 0.2) is 11.3 Å². The minimum atomic E-state index is -3.12. The highest BCUT2D eigenvalue weighted by molar-refractivity contribution is 7.53. The van der Waals surface area contributed by atoms with Gasteiger partial charge in [0.25, 0.3) is 0 Å². The van der Waals surface area contributed by atoms with Gasteiger partial charge in [-0.3, -0.25) is 0 Å². The lowest BCUT2D eigenvalue weighted by Gasteiger charge is -2.17. The topological polar surface area (TPSA) is 61.8 Å². The van der Waals surface area contributed by atoms with Crippen LogP contribution >= 0.6 is 7.60 Å². The van der Waals surface area contributed by atoms with Crippen LogP contribution in [0.4, 0.5) is 0 Å². The second-order valence-electron chi connectivity index (χ2n) is 5.05. The molecular formula is C14H25O5P. The first-order valence-corrected chi connectivity index (χ1v) is 8.83. The van der Waals surface area contributed by atoms with E-state index in [9.17, 15) is 9.36 Å². The molecule has 2 atom stereocenters. The first-order valence-electron chi connectivity index (χ1n) is 7.11. The van der Waals surface area contributed by atoms with Crippen molar-refractivity contribution in [2.75, 3.05) is 20.4 Å². The minimum absolute atomic E-state index is 0.0278. The van der Waals surface area contributed by atoms with Gasteiger partial charge < -0.3 is 13.8 Å². The highest BCUT2D eigenvalue weighted by Gasteiger charge is 2.35. The summed E-state index contributed by atoms with van der Waals surface area (Å²) in [6.45, 7) is 3.80. The van der Waals surface area contributed by atoms with Crippen molar-refractivity contribution in [2.24, 2.45) is 5.92 Å². The maximum Gasteiger partial charge on any atom is 0.378 e. The fourth-order valence-electron chi connectivity index (χ4n) is 2.53. The summed E-state index contributed by atoms with van der Waals surface area (Å²) in [6.07, 6.45) is 5.10. The molecule has 0 spiro atoms. The molecule has 0 saturated carbocycles. The summed E-state index contributed by atoms with van der Waals surface area (Å²) in [5.74, 6) is 0.00885. The molecule has 0 fully saturated rings. The number of unbranched alkanes of at least 4 members (excludes halogenated alkanes) is 2. The molecule has 0 unspecified atom stereocenters. The fourth-order valence-corrected chi connectivity index (χ4v) is 4.02. The second-order valence-corrected chi connectivity index (χ2v) is 7.27. The van der Waals surface area contributed by atoms with Crippen molar-refractivity contribution in [2.45, 2.75) is 46.0 Å². The van der Waals surface area contributed by atoms with Crippen LogP contribution in [0.5, 0.6) is 0 Å². The molecule has 1 aliphatic heterocycles. The maximum absolute atomic E-state index is 12.3. The molecule has 1 heterocycles. The first-order chi connectivity index (χ1) is 9.47. The lowest BCUT2D eigenvalue weighted by molar-refractivity contribution is -0.137. The van der Waals surface area contributed by atoms with Crippen LogP contribution in [0.2, 0.25) is 0 Å². The number of hydrogen-bond donors (Lipinski definition) is 0. The van der Waals surface area contributed by atoms with Crippen molar-refractivity contribution in [3.8, 4) is 0 Å². The average molecular weight is 304 g/mol. The molecule has 20 heavy (non-hydrogen) atoms. The molecule has 0 aromatic carbocycles. The van der Waals surface area contributed by atoms with Crippen LogP contribution in [-0.4, -0.2) is 26.4 Å². The van der Waals surface area contributed by atoms with Gasteiger partial charge >= 0.3 is 13.6 Å². The molecule has 0 saturated heterocycles. The molecule has 0 aliphatic carbocycles. The zero-order chi connectivity index (χ0) is 15.2. The average Bonchev–Trinajstić information content (AvgIpc) is 2.56. The highest BCUT2D eigenvalue weighted by Crippen LogP contribution is 2.54. The lowest BCUT2D eigenvalue weighted by atomic mass is 9.90. The minimum Gasteiger partial charge on any atom is -0.466 e. The predicted octanol–water partition coefficient (Wildman–Crippen LogP) is 3.89. The van der Waals surface area contributed by atoms with Gasteiger partial charge in [-0.25, -0.2) is 9.36 Å². The molecule has 0 amide bonds. The summed E-state index contributed by atoms with van der Waals surface area (Å²) in [7, 11) is -0.392. The number of esters is 1. The summed E-state index contributed by atoms with van der Waals surface area (Å²) in [6, 6.07) is 0. The van der Waals surface area contributed by atoms with Gasteiger partial charge in [0, 0.05) is 7.11 Å². The lowest BCUT2D eigenvalue weighted by Crippen LogP contribution is -2.16. The van der Waals surface area contributed by atoms with E-state index in [2.05, 4.69) is 6.92 Å². The molecule has 0 aromatic heterocycles. The van der Waals surface area contributed by atoms with Crippen LogP contribution in [0.1, 0.15) is 46.0 Å². The van der Waals surface area contributed by atoms with Crippen molar-refractivity contribution in [3.05, 3.63) is 11.3 Å². The van der Waals surface area contributed by atoms with Crippen LogP contribution in [0.25, 0.3) is 0 Å². The standard InChI is InChI=1S/C14H25O5P/c1-5-6-7-8-12-9-10-20(16,18-4)19-11(2)13(12)14(15)17-3/h12H,5-10H2,1-4H3/t12-,20+/m0/s1. The van der Waals surface area contributed by atoms with E-state index in [-0.39, 0.29) is 5.92 Å². The second kappa shape index (κ2) is 7.84. The zero-order valence-electron chi connectivity index (χ0n) is 12.8. The molecule has 6 heteroatoms. The van der Waals surface area contributed by atoms with Gasteiger partial charge in [-0.05, 0) is 25.7 Å². The Bertz CT molecular complexity index is 416. The predicted molar refractivity (Wildman–Crippen MR) is 77.5 cm³/mol. The number of carbonyl (C=O) groups is 1. The third-order valence-electron chi connectivity index (χ3n) is 3.65. The molecule has 0 N–H and O–H groups in total. The summed E-state index contributed by atoms with van der Waals surface area (Å²) in [5.41, 5.74) is 0.512. The number of hydrogen-bond acceptors (Lipinski definition) is 5. The zero-order valence-corrected chi connectivity index (χ0v) is 13.7. The van der Waals surface area contributed by atoms with Crippen LogP contribution in [-0.2, 0) is 23.1 Å². The Morgan fingerprint density at radius 2 is 2.10 bits per heavy atom. The van der Waals surface area contributed by atoms with Gasteiger partial charge in [0.1, 0.15) is 5.76 Å². The molecule has 0 radical (unpaired) electrons. The Hall–Kier alpha value is -0.800. The molecule has 5 nitrogen and oxygen atoms in total. The number of ether oxygens (including phenoxy) is 1. The van der Waals surface area contributed by atoms with E-state index >= 15 is 0 Å². The third kappa shape index (κ3) is 4.35. The molecule has 1 aliphatic rings. The van der Waals surface area contributed by atoms with Crippen molar-refractivity contribution in [1.29, 1.82) is 0 Å². The van der Waals surface area contributed by atoms with Crippen molar-refractivity contribution >= 4 is 13.6 Å². The maximum atomic E-state index is 12.3. The van der Waals surface area contributed by atoms with Crippen LogP contribution in [0.3, 0.4) is 0 Å². The van der Waals surface area contributed by atoms with Gasteiger partial charge in [-0.1, -0.05) is 26.2 Å². The molecule has 116 valence electrons. The van der Waals surface area contributed by atoms with Gasteiger partial charge in [-0.2, -0.15) is 0 Å². The quantitative estimate of drug-likeness (QED) is 0.423. The van der Waals surface area contributed by atoms with Gasteiger partial charge in [-0.15, -0.1) is 0 Å². The number of rotatable bonds is 6. The fraction of sp³-hybridized carbons (Fsp3) is 0.786. The summed E-state index contributed by atoms with van der Waals surface area (Å²) >= 11 is 0. The molecule has 1 rings (SSSR count). The molecule has 0 aromatic rings. The first kappa shape index (κ1) is 17.3. The Labute approximate surface area is 121 Å². The van der Waals surface area contributed by atoms with E-state index in [1.54, 1.807) is 6.92 Å². The number of allylic oxidation sites excluding steroid dienone is 1. The van der Waals surface area contributed by atoms with E-state index in [4.69, 9.17) is 13.8 Å². The largest absolute Gasteiger partial charge is 0.466 e. The van der Waals surface area contributed by atoms with E-state index in [1.807, 2.05) is 0 Å². The molecular weight excluding hydrogens is 279 g/mol. The van der Waals surface area contributed by atoms with E-state index in [1.165, 1.54) is 14.2 Å². The monoisotopic (exact) mass is 304 g/mol. The third-order valence-corrected chi connectivity index (χ3v) is 5.57. The Kier molecular flexibility index (Phi) is 6.77. The smallest absolute Gasteiger partial charge is 0.378 e. The van der Waals surface area contributed by atoms with E-state index in [0.29, 0.717) is 23.9 Å². The van der Waals surface area contributed by atoms with Crippen molar-refractivity contribution in [1.82, 2.24) is 0 Å². The van der Waals surface area contributed by atoms with Crippen LogP contribution < -0.4 is 0 Å². The van der Waals surface area contributed by atoms with Gasteiger partial charge in [0.05, 0.1) is 18.8 Å². The summed E-state index contributed by atoms with van der Waals surface area (Å²) < 4.78 is 27.6. The highest BCUT2D eigenvalue weighted by atomic mass is 31.2. The SMILES string of the molecule is CCCCC[C@H]1CC[P@@](=O)(OC)OC(C)=C1C(=O)OC. The van der Waals surface area contributed by atoms with Gasteiger partial charge in [0.15, 0.2) is 0 Å². The summed E-state index contributed by atoms with van der Waals surface area (Å²) in [4.78, 5) is 12.0. The Morgan fingerprint density at radius 3 is 2.65 bits per heavy atom. The van der Waals surface area contributed by atoms with E-state index in [0.717, 1.165) is 25.7 Å². The normalized spacial score (nSPS) is 26.9. The molecule has 0 bridgehead atoms. The van der Waals surface area contributed by atoms with Crippen molar-refractivity contribution in [3.63, 3.8) is 0 Å². The van der Waals surface area contributed by atoms with Crippen LogP contribution in [0, 0.1) is 5.92 Å². The van der Waals surface area contributed by atoms with Crippen molar-refractivity contribution < 1.29 is 23.1 Å². The van der Waals surface area contributed by atoms with E-state index < -0.39 is 13.6 Å². The Morgan fingerprint density at radius 1 is 1.40 bits per heavy atom. The van der Waals surface area contributed by atoms with Gasteiger partial charge in [0.2, 0.25) is 0 Å². The number of carbonyl (C=O) groups excluding carboxylic acids is 1.